The number of amides is 1. The van der Waals surface area contributed by atoms with Gasteiger partial charge >= 0.3 is 0 Å². The summed E-state index contributed by atoms with van der Waals surface area (Å²) in [6, 6.07) is 4.92. The number of hydrogen-bond acceptors (Lipinski definition) is 4. The fourth-order valence-electron chi connectivity index (χ4n) is 1.74. The molecule has 0 spiro atoms. The van der Waals surface area contributed by atoms with Crippen LogP contribution >= 0.6 is 11.6 Å². The van der Waals surface area contributed by atoms with Crippen molar-refractivity contribution in [2.75, 3.05) is 30.9 Å². The van der Waals surface area contributed by atoms with E-state index in [1.807, 2.05) is 0 Å². The van der Waals surface area contributed by atoms with Crippen molar-refractivity contribution in [1.29, 1.82) is 0 Å². The lowest BCUT2D eigenvalue weighted by Gasteiger charge is -2.23. The molecule has 0 aliphatic heterocycles. The first-order valence-corrected chi connectivity index (χ1v) is 8.42. The Labute approximate surface area is 130 Å². The van der Waals surface area contributed by atoms with Crippen molar-refractivity contribution < 1.29 is 17.9 Å². The van der Waals surface area contributed by atoms with Crippen molar-refractivity contribution in [3.05, 3.63) is 23.2 Å². The van der Waals surface area contributed by atoms with Gasteiger partial charge in [0, 0.05) is 25.0 Å². The lowest BCUT2D eigenvalue weighted by molar-refractivity contribution is -0.116. The highest BCUT2D eigenvalue weighted by atomic mass is 35.5. The molecule has 1 N–H and O–H groups in total. The van der Waals surface area contributed by atoms with Crippen molar-refractivity contribution in [3.63, 3.8) is 0 Å². The molecule has 0 atom stereocenters. The first-order valence-electron chi connectivity index (χ1n) is 6.39. The molecule has 0 saturated carbocycles. The zero-order chi connectivity index (χ0) is 16.0. The van der Waals surface area contributed by atoms with Gasteiger partial charge in [-0.2, -0.15) is 0 Å². The number of hydrogen-bond donors (Lipinski definition) is 1. The minimum absolute atomic E-state index is 0.00639. The van der Waals surface area contributed by atoms with Gasteiger partial charge in [0.25, 0.3) is 0 Å². The summed E-state index contributed by atoms with van der Waals surface area (Å²) in [4.78, 5) is 13.2. The highest BCUT2D eigenvalue weighted by Crippen LogP contribution is 2.31. The van der Waals surface area contributed by atoms with E-state index in [0.717, 1.165) is 0 Å². The Bertz CT molecular complexity index is 604. The fourth-order valence-corrected chi connectivity index (χ4v) is 2.51. The van der Waals surface area contributed by atoms with E-state index in [1.165, 1.54) is 18.9 Å². The molecule has 6 nitrogen and oxygen atoms in total. The van der Waals surface area contributed by atoms with Crippen molar-refractivity contribution >= 4 is 33.2 Å². The lowest BCUT2D eigenvalue weighted by Crippen LogP contribution is -2.38. The van der Waals surface area contributed by atoms with E-state index < -0.39 is 10.0 Å². The van der Waals surface area contributed by atoms with Gasteiger partial charge in [-0.25, -0.2) is 13.1 Å². The van der Waals surface area contributed by atoms with Gasteiger partial charge < -0.3 is 9.64 Å². The molecule has 0 fully saturated rings. The first kappa shape index (κ1) is 17.7. The van der Waals surface area contributed by atoms with Crippen molar-refractivity contribution in [1.82, 2.24) is 4.72 Å². The summed E-state index contributed by atoms with van der Waals surface area (Å²) in [5, 5.41) is 0.464. The Kier molecular flexibility index (Phi) is 6.44. The van der Waals surface area contributed by atoms with Crippen LogP contribution in [0, 0.1) is 0 Å². The molecule has 0 radical (unpaired) electrons. The predicted octanol–water partition coefficient (Wildman–Crippen LogP) is 1.64. The topological polar surface area (TPSA) is 75.7 Å². The number of benzene rings is 1. The van der Waals surface area contributed by atoms with Crippen LogP contribution in [0.1, 0.15) is 13.8 Å². The van der Waals surface area contributed by atoms with Crippen LogP contribution in [0.5, 0.6) is 5.75 Å². The molecule has 1 aromatic carbocycles. The van der Waals surface area contributed by atoms with E-state index in [2.05, 4.69) is 4.72 Å². The third-order valence-electron chi connectivity index (χ3n) is 2.85. The zero-order valence-electron chi connectivity index (χ0n) is 12.2. The highest BCUT2D eigenvalue weighted by molar-refractivity contribution is 7.89. The number of carbonyl (C=O) groups excluding carboxylic acids is 1. The maximum Gasteiger partial charge on any atom is 0.224 e. The molecule has 8 heteroatoms. The monoisotopic (exact) mass is 334 g/mol. The molecular weight excluding hydrogens is 316 g/mol. The van der Waals surface area contributed by atoms with Crippen molar-refractivity contribution in [3.8, 4) is 5.75 Å². The molecule has 0 aliphatic carbocycles. The van der Waals surface area contributed by atoms with E-state index in [-0.39, 0.29) is 24.7 Å². The first-order chi connectivity index (χ1) is 9.80. The molecule has 0 heterocycles. The maximum absolute atomic E-state index is 11.8. The minimum atomic E-state index is -3.29. The molecule has 0 aromatic heterocycles. The van der Waals surface area contributed by atoms with E-state index in [4.69, 9.17) is 16.3 Å². The summed E-state index contributed by atoms with van der Waals surface area (Å²) in [5.74, 6) is 0.257. The number of nitrogens with one attached hydrogen (secondary N) is 1. The fraction of sp³-hybridized carbons (Fsp3) is 0.462. The zero-order valence-corrected chi connectivity index (χ0v) is 13.8. The molecule has 0 bridgehead atoms. The van der Waals surface area contributed by atoms with Crippen molar-refractivity contribution in [2.24, 2.45) is 0 Å². The summed E-state index contributed by atoms with van der Waals surface area (Å²) in [6.45, 7) is 3.25. The van der Waals surface area contributed by atoms with Crippen LogP contribution < -0.4 is 14.4 Å². The summed E-state index contributed by atoms with van der Waals surface area (Å²) in [6.07, 6.45) is 0. The standard InChI is InChI=1S/C13H19ClN2O4S/c1-4-21(18,19)15-7-8-16(10(2)17)12-9-11(14)5-6-13(12)20-3/h5-6,9,15H,4,7-8H2,1-3H3. The van der Waals surface area contributed by atoms with Crippen LogP contribution in [-0.2, 0) is 14.8 Å². The molecule has 1 aromatic rings. The van der Waals surface area contributed by atoms with Gasteiger partial charge in [-0.3, -0.25) is 4.79 Å². The number of sulfonamides is 1. The Hall–Kier alpha value is -1.31. The lowest BCUT2D eigenvalue weighted by atomic mass is 10.2. The third-order valence-corrected chi connectivity index (χ3v) is 4.49. The van der Waals surface area contributed by atoms with Gasteiger partial charge in [-0.05, 0) is 25.1 Å². The normalized spacial score (nSPS) is 11.2. The van der Waals surface area contributed by atoms with Crippen molar-refractivity contribution in [2.45, 2.75) is 13.8 Å². The average molecular weight is 335 g/mol. The van der Waals surface area contributed by atoms with E-state index in [1.54, 1.807) is 25.1 Å². The Morgan fingerprint density at radius 3 is 2.62 bits per heavy atom. The minimum Gasteiger partial charge on any atom is -0.495 e. The predicted molar refractivity (Wildman–Crippen MR) is 83.5 cm³/mol. The smallest absolute Gasteiger partial charge is 0.224 e. The number of carbonyl (C=O) groups is 1. The molecule has 0 saturated heterocycles. The van der Waals surface area contributed by atoms with Crippen LogP contribution in [0.3, 0.4) is 0 Å². The molecule has 118 valence electrons. The Morgan fingerprint density at radius 2 is 2.10 bits per heavy atom. The highest BCUT2D eigenvalue weighted by Gasteiger charge is 2.17. The number of nitrogens with zero attached hydrogens (tertiary/aromatic N) is 1. The van der Waals surface area contributed by atoms with Gasteiger partial charge in [0.05, 0.1) is 18.6 Å². The number of rotatable bonds is 7. The summed E-state index contributed by atoms with van der Waals surface area (Å²) < 4.78 is 30.4. The average Bonchev–Trinajstić information content (AvgIpc) is 2.43. The molecule has 1 rings (SSSR count). The largest absolute Gasteiger partial charge is 0.495 e. The SMILES string of the molecule is CCS(=O)(=O)NCCN(C(C)=O)c1cc(Cl)ccc1OC. The van der Waals surface area contributed by atoms with Crippen LogP contribution in [0.15, 0.2) is 18.2 Å². The van der Waals surface area contributed by atoms with Crippen LogP contribution in [0.4, 0.5) is 5.69 Å². The quantitative estimate of drug-likeness (QED) is 0.822. The van der Waals surface area contributed by atoms with Gasteiger partial charge in [0.1, 0.15) is 5.75 Å². The number of methoxy groups -OCH3 is 1. The number of halogens is 1. The second-order valence-corrected chi connectivity index (χ2v) is 6.82. The van der Waals surface area contributed by atoms with Crippen LogP contribution in [0.25, 0.3) is 0 Å². The summed E-state index contributed by atoms with van der Waals surface area (Å²) >= 11 is 5.95. The summed E-state index contributed by atoms with van der Waals surface area (Å²) in [7, 11) is -1.80. The molecular formula is C13H19ClN2O4S. The van der Waals surface area contributed by atoms with E-state index in [9.17, 15) is 13.2 Å². The van der Waals surface area contributed by atoms with Gasteiger partial charge in [0.15, 0.2) is 0 Å². The van der Waals surface area contributed by atoms with Gasteiger partial charge in [-0.15, -0.1) is 0 Å². The number of ether oxygens (including phenoxy) is 1. The van der Waals surface area contributed by atoms with Gasteiger partial charge in [0.2, 0.25) is 15.9 Å². The molecule has 0 unspecified atom stereocenters. The van der Waals surface area contributed by atoms with E-state index >= 15 is 0 Å². The van der Waals surface area contributed by atoms with Crippen LogP contribution in [-0.4, -0.2) is 40.3 Å². The Balaban J connectivity index is 2.93. The molecule has 1 amide bonds. The van der Waals surface area contributed by atoms with Crippen LogP contribution in [0.2, 0.25) is 5.02 Å². The van der Waals surface area contributed by atoms with E-state index in [0.29, 0.717) is 16.5 Å². The number of anilines is 1. The van der Waals surface area contributed by atoms with Gasteiger partial charge in [-0.1, -0.05) is 11.6 Å². The molecule has 0 aliphatic rings. The Morgan fingerprint density at radius 1 is 1.43 bits per heavy atom. The second-order valence-electron chi connectivity index (χ2n) is 4.28. The summed E-state index contributed by atoms with van der Waals surface area (Å²) in [5.41, 5.74) is 0.508. The molecule has 21 heavy (non-hydrogen) atoms. The third kappa shape index (κ3) is 5.18. The second kappa shape index (κ2) is 7.63. The maximum atomic E-state index is 11.8.